The summed E-state index contributed by atoms with van der Waals surface area (Å²) in [5.41, 5.74) is 0.279. The topological polar surface area (TPSA) is 409 Å². The summed E-state index contributed by atoms with van der Waals surface area (Å²) < 4.78 is 16.4. The van der Waals surface area contributed by atoms with Crippen LogP contribution in [0.1, 0.15) is 267 Å². The molecule has 4 bridgehead atoms. The summed E-state index contributed by atoms with van der Waals surface area (Å²) in [5.74, 6) is -9.16. The molecule has 0 radical (unpaired) electrons. The van der Waals surface area contributed by atoms with Gasteiger partial charge in [0.2, 0.25) is 17.7 Å². The van der Waals surface area contributed by atoms with Crippen molar-refractivity contribution in [1.29, 1.82) is 0 Å². The fourth-order valence-electron chi connectivity index (χ4n) is 15.6. The molecule has 3 aliphatic heterocycles. The van der Waals surface area contributed by atoms with E-state index in [2.05, 4.69) is 69.7 Å². The number of nitrogens with zero attached hydrogens (tertiary/aromatic N) is 4. The molecule has 0 saturated carbocycles. The molecule has 3 aliphatic rings. The number of ketones is 4. The molecule has 648 valence electrons. The van der Waals surface area contributed by atoms with Crippen LogP contribution in [0.5, 0.6) is 5.75 Å². The van der Waals surface area contributed by atoms with E-state index in [1.165, 1.54) is 6.92 Å². The Balaban J connectivity index is 1.17. The number of carbonyl (C=O) groups is 14. The zero-order valence-corrected chi connectivity index (χ0v) is 73.9. The number of aliphatic carboxylic acids is 3. The summed E-state index contributed by atoms with van der Waals surface area (Å²) >= 11 is -4.26. The number of benzene rings is 1. The number of amides is 4. The Morgan fingerprint density at radius 2 is 0.878 bits per heavy atom. The van der Waals surface area contributed by atoms with Gasteiger partial charge < -0.3 is 36.4 Å². The average Bonchev–Trinajstić information content (AvgIpc) is 1.62. The van der Waals surface area contributed by atoms with Crippen LogP contribution >= 0.6 is 0 Å². The minimum atomic E-state index is -4.26. The number of phenolic OH excluding ortho intramolecular Hbond substituents is 1. The van der Waals surface area contributed by atoms with Gasteiger partial charge in [0.1, 0.15) is 28.9 Å². The van der Waals surface area contributed by atoms with Crippen molar-refractivity contribution in [1.82, 2.24) is 40.9 Å². The molecular formula is C85H139InN8O21. The van der Waals surface area contributed by atoms with Crippen LogP contribution in [0.3, 0.4) is 0 Å². The number of Topliss-reactive ketones (excluding diaryl/α,β-unsaturated/α-hetero) is 4. The molecule has 8 N–H and O–H groups in total. The minimum absolute atomic E-state index is 0.000827. The predicted molar refractivity (Wildman–Crippen MR) is 434 cm³/mol. The van der Waals surface area contributed by atoms with Crippen molar-refractivity contribution in [2.45, 2.75) is 268 Å². The van der Waals surface area contributed by atoms with Gasteiger partial charge in [-0.15, -0.1) is 0 Å². The second kappa shape index (κ2) is 53.5. The van der Waals surface area contributed by atoms with Gasteiger partial charge in [0, 0.05) is 88.3 Å². The third-order valence-corrected chi connectivity index (χ3v) is 26.3. The van der Waals surface area contributed by atoms with E-state index in [1.807, 2.05) is 26.5 Å². The van der Waals surface area contributed by atoms with E-state index in [0.717, 1.165) is 31.2 Å². The Morgan fingerprint density at radius 1 is 0.452 bits per heavy atom. The van der Waals surface area contributed by atoms with Crippen LogP contribution in [0.2, 0.25) is 0 Å². The fourth-order valence-corrected chi connectivity index (χ4v) is 18.5. The van der Waals surface area contributed by atoms with Crippen LogP contribution in [-0.2, 0) is 82.2 Å². The van der Waals surface area contributed by atoms with Crippen molar-refractivity contribution in [2.24, 2.45) is 51.8 Å². The smallest absolute Gasteiger partial charge is 0.306 e. The molecule has 3 fully saturated rings. The van der Waals surface area contributed by atoms with E-state index in [0.29, 0.717) is 201 Å². The summed E-state index contributed by atoms with van der Waals surface area (Å²) in [6.07, 6.45) is 14.5. The molecule has 3 saturated heterocycles. The molecule has 6 unspecified atom stereocenters. The average molecular weight is 1720 g/mol. The van der Waals surface area contributed by atoms with Gasteiger partial charge >= 0.3 is 209 Å². The SMILES string of the molecule is CCC(CC(C)(C)CCCC(CC(C)(C)CCCC(CC(C)(C)C)C(=O)NCCCCNC(=O)CN1CCN2CCN3CCN(CC1)CC(=O)[O][In]([O]C(=O)C2)[O]C(=O)C3)C(=O)NCc1ccc(O)cc1)C(=O)CCCCCC(CC(=O)CCCCCCC(=O)NCCCC[C@H](CC(=O)C[C@@H](CCC(=O)O)C(C)=O)C(=O)O)C(=O)O. The van der Waals surface area contributed by atoms with Crippen molar-refractivity contribution in [3.63, 3.8) is 0 Å². The number of phenols is 1. The van der Waals surface area contributed by atoms with Crippen LogP contribution in [0.25, 0.3) is 0 Å². The number of fused-ring (bicyclic) bond motifs is 7. The Bertz CT molecular complexity index is 3240. The van der Waals surface area contributed by atoms with Gasteiger partial charge in [-0.25, -0.2) is 0 Å². The second-order valence-electron chi connectivity index (χ2n) is 35.2. The van der Waals surface area contributed by atoms with E-state index < -0.39 is 82.1 Å². The molecule has 0 aliphatic carbocycles. The number of unbranched alkanes of at least 4 members (excludes halogenated alkanes) is 7. The van der Waals surface area contributed by atoms with Gasteiger partial charge in [-0.1, -0.05) is 112 Å². The molecule has 8 atom stereocenters. The Kier molecular flexibility index (Phi) is 46.8. The Labute approximate surface area is 691 Å². The number of hydrogen-bond acceptors (Lipinski definition) is 22. The van der Waals surface area contributed by atoms with Gasteiger partial charge in [-0.3, -0.25) is 47.9 Å². The molecule has 0 spiro atoms. The quantitative estimate of drug-likeness (QED) is 0.0281. The summed E-state index contributed by atoms with van der Waals surface area (Å²) in [4.78, 5) is 187. The standard InChI is InChI=1S/C85H142N8O21.In/c1-10-63(72(98)29-16-13-14-24-65(81(111)112)51-70(96)28-15-11-12-17-30-73(99)86-39-19-18-25-66(82(113)114)52-71(97)50-64(61(2)94)33-36-75(101)102)54-84(6,7)37-23-27-68(80(110)89-56-62-31-34-69(95)35-32-62)55-85(8,9)38-22-26-67(53-83(3,4)5)79(109)88-41-21-20-40-87-74(100)57-90-42-44-91(58-76(103)104)46-48-93(60-78(107)108)49-47-92(45-43-90)59-77(105)106;/h31-32,34-35,63-68,95H,10-30,33,36-60H2,1-9H3,(H,86,99)(H,87,100)(H,88,109)(H,89,110)(H,101,102)(H,103,104)(H,105,106)(H,107,108)(H,111,112)(H,113,114);/q;+3/p-3/t63?,64-,65?,66-,67?,68?;/m1./s1. The zero-order valence-electron chi connectivity index (χ0n) is 70.6. The summed E-state index contributed by atoms with van der Waals surface area (Å²) in [6, 6.07) is 6.76. The first-order chi connectivity index (χ1) is 54.4. The van der Waals surface area contributed by atoms with Crippen LogP contribution in [-0.4, -0.2) is 244 Å². The number of hydrogen-bond donors (Lipinski definition) is 8. The Hall–Kier alpha value is -6.89. The fraction of sp³-hybridized carbons (Fsp3) is 0.765. The van der Waals surface area contributed by atoms with E-state index in [9.17, 15) is 82.4 Å². The predicted octanol–water partition coefficient (Wildman–Crippen LogP) is 9.68. The Morgan fingerprint density at radius 3 is 1.38 bits per heavy atom. The maximum absolute atomic E-state index is 14.3. The second-order valence-corrected chi connectivity index (χ2v) is 38.9. The third-order valence-electron chi connectivity index (χ3n) is 22.4. The number of carboxylic acid groups (broad SMARTS) is 3. The largest absolute Gasteiger partial charge is 0.508 e. The first kappa shape index (κ1) is 100. The van der Waals surface area contributed by atoms with Gasteiger partial charge in [0.25, 0.3) is 0 Å². The van der Waals surface area contributed by atoms with Gasteiger partial charge in [0.05, 0.1) is 11.8 Å². The van der Waals surface area contributed by atoms with Gasteiger partial charge in [0.15, 0.2) is 0 Å². The molecular weight excluding hydrogens is 1580 g/mol. The van der Waals surface area contributed by atoms with E-state index in [4.69, 9.17) is 13.7 Å². The third kappa shape index (κ3) is 45.0. The summed E-state index contributed by atoms with van der Waals surface area (Å²) in [5, 5.41) is 50.8. The molecule has 4 rings (SSSR count). The van der Waals surface area contributed by atoms with Crippen molar-refractivity contribution in [3.8, 4) is 5.75 Å². The van der Waals surface area contributed by atoms with Crippen LogP contribution in [0, 0.1) is 51.8 Å². The molecule has 1 aromatic rings. The molecule has 29 nitrogen and oxygen atoms in total. The maximum atomic E-state index is 14.3. The first-order valence-corrected chi connectivity index (χ1v) is 46.5. The normalized spacial score (nSPS) is 18.2. The van der Waals surface area contributed by atoms with Gasteiger partial charge in [-0.05, 0) is 144 Å². The van der Waals surface area contributed by atoms with E-state index in [1.54, 1.807) is 24.3 Å². The molecule has 3 heterocycles. The number of rotatable bonds is 56. The molecule has 0 aromatic heterocycles. The van der Waals surface area contributed by atoms with Crippen molar-refractivity contribution in [2.75, 3.05) is 98.2 Å². The molecule has 115 heavy (non-hydrogen) atoms. The zero-order chi connectivity index (χ0) is 85.1. The maximum Gasteiger partial charge on any atom is 0.306 e. The van der Waals surface area contributed by atoms with Crippen molar-refractivity contribution in [3.05, 3.63) is 29.8 Å². The van der Waals surface area contributed by atoms with Crippen LogP contribution in [0.15, 0.2) is 24.3 Å². The number of carboxylic acids is 3. The minimum Gasteiger partial charge on any atom is -0.508 e. The number of carbonyl (C=O) groups excluding carboxylic acids is 11. The summed E-state index contributed by atoms with van der Waals surface area (Å²) in [6.45, 7) is 23.7. The van der Waals surface area contributed by atoms with Gasteiger partial charge in [-0.2, -0.15) is 0 Å². The van der Waals surface area contributed by atoms with E-state index in [-0.39, 0.29) is 158 Å². The number of nitrogens with one attached hydrogen (secondary N) is 4. The van der Waals surface area contributed by atoms with E-state index >= 15 is 0 Å². The summed E-state index contributed by atoms with van der Waals surface area (Å²) in [7, 11) is 0. The van der Waals surface area contributed by atoms with Crippen LogP contribution < -0.4 is 21.3 Å². The van der Waals surface area contributed by atoms with Crippen molar-refractivity contribution < 1.29 is 96.1 Å². The molecule has 30 heteroatoms. The monoisotopic (exact) mass is 1720 g/mol. The first-order valence-electron chi connectivity index (χ1n) is 42.5. The molecule has 1 aromatic carbocycles. The number of aromatic hydroxyl groups is 1. The van der Waals surface area contributed by atoms with Crippen molar-refractivity contribution >= 4 is 105 Å². The molecule has 4 amide bonds. The van der Waals surface area contributed by atoms with Crippen LogP contribution in [0.4, 0.5) is 0 Å².